The predicted molar refractivity (Wildman–Crippen MR) is 97.3 cm³/mol. The number of esters is 1. The highest BCUT2D eigenvalue weighted by Gasteiger charge is 2.21. The van der Waals surface area contributed by atoms with E-state index in [9.17, 15) is 14.4 Å². The number of carbonyl (C=O) groups is 3. The third kappa shape index (κ3) is 7.05. The van der Waals surface area contributed by atoms with Crippen molar-refractivity contribution in [1.29, 1.82) is 5.41 Å². The Morgan fingerprint density at radius 3 is 2.38 bits per heavy atom. The number of hydrogen-bond donors (Lipinski definition) is 4. The Labute approximate surface area is 152 Å². The molecular formula is C18H22N4O4. The van der Waals surface area contributed by atoms with Gasteiger partial charge >= 0.3 is 5.97 Å². The standard InChI is InChI=1S/C18H22N4O4/c1-3-5-14(18(25)26-4-2)22-16(24)11-10-15(23)21-13-8-6-12(7-9-13)17(19)20/h1,6-9,14H,4-5,10-11H2,2H3,(H3,19,20)(H,21,23)(H,22,24). The highest BCUT2D eigenvalue weighted by molar-refractivity contribution is 5.97. The summed E-state index contributed by atoms with van der Waals surface area (Å²) < 4.78 is 4.84. The molecule has 5 N–H and O–H groups in total. The van der Waals surface area contributed by atoms with E-state index in [2.05, 4.69) is 16.6 Å². The Morgan fingerprint density at radius 1 is 1.23 bits per heavy atom. The lowest BCUT2D eigenvalue weighted by Gasteiger charge is -2.15. The highest BCUT2D eigenvalue weighted by atomic mass is 16.5. The van der Waals surface area contributed by atoms with E-state index in [0.29, 0.717) is 11.3 Å². The minimum absolute atomic E-state index is 0.0132. The van der Waals surface area contributed by atoms with Gasteiger partial charge in [-0.25, -0.2) is 4.79 Å². The second kappa shape index (κ2) is 10.5. The Balaban J connectivity index is 2.47. The number of terminal acetylenes is 1. The van der Waals surface area contributed by atoms with E-state index < -0.39 is 17.9 Å². The van der Waals surface area contributed by atoms with Gasteiger partial charge in [0.2, 0.25) is 11.8 Å². The fourth-order valence-corrected chi connectivity index (χ4v) is 2.00. The summed E-state index contributed by atoms with van der Waals surface area (Å²) in [5.74, 6) is 0.801. The molecule has 1 atom stereocenters. The van der Waals surface area contributed by atoms with Crippen molar-refractivity contribution in [3.63, 3.8) is 0 Å². The number of benzene rings is 1. The topological polar surface area (TPSA) is 134 Å². The number of amidine groups is 1. The zero-order chi connectivity index (χ0) is 19.5. The van der Waals surface area contributed by atoms with Crippen molar-refractivity contribution in [1.82, 2.24) is 5.32 Å². The fourth-order valence-electron chi connectivity index (χ4n) is 2.00. The van der Waals surface area contributed by atoms with Crippen LogP contribution in [0, 0.1) is 17.8 Å². The summed E-state index contributed by atoms with van der Waals surface area (Å²) >= 11 is 0. The molecule has 0 saturated carbocycles. The van der Waals surface area contributed by atoms with E-state index in [-0.39, 0.29) is 37.6 Å². The first kappa shape index (κ1) is 20.7. The molecule has 1 unspecified atom stereocenters. The van der Waals surface area contributed by atoms with Crippen molar-refractivity contribution >= 4 is 29.3 Å². The Hall–Kier alpha value is -3.34. The number of nitrogens with one attached hydrogen (secondary N) is 3. The SMILES string of the molecule is C#CCC(NC(=O)CCC(=O)Nc1ccc(C(=N)N)cc1)C(=O)OCC. The molecule has 0 aliphatic heterocycles. The quantitative estimate of drug-likeness (QED) is 0.224. The average Bonchev–Trinajstić information content (AvgIpc) is 2.60. The summed E-state index contributed by atoms with van der Waals surface area (Å²) in [6, 6.07) is 5.51. The molecule has 0 saturated heterocycles. The largest absolute Gasteiger partial charge is 0.464 e. The third-order valence-electron chi connectivity index (χ3n) is 3.29. The van der Waals surface area contributed by atoms with Crippen LogP contribution in [0.1, 0.15) is 31.7 Å². The Kier molecular flexibility index (Phi) is 8.37. The molecule has 0 fully saturated rings. The molecule has 0 heterocycles. The van der Waals surface area contributed by atoms with Gasteiger partial charge in [0.05, 0.1) is 6.61 Å². The van der Waals surface area contributed by atoms with E-state index >= 15 is 0 Å². The highest BCUT2D eigenvalue weighted by Crippen LogP contribution is 2.10. The van der Waals surface area contributed by atoms with Gasteiger partial charge in [0, 0.05) is 30.5 Å². The van der Waals surface area contributed by atoms with Gasteiger partial charge in [0.1, 0.15) is 11.9 Å². The van der Waals surface area contributed by atoms with Crippen LogP contribution >= 0.6 is 0 Å². The van der Waals surface area contributed by atoms with Gasteiger partial charge in [-0.1, -0.05) is 0 Å². The first-order valence-electron chi connectivity index (χ1n) is 8.01. The summed E-state index contributed by atoms with van der Waals surface area (Å²) in [6.45, 7) is 1.83. The van der Waals surface area contributed by atoms with E-state index in [0.717, 1.165) is 0 Å². The van der Waals surface area contributed by atoms with Crippen LogP contribution in [0.5, 0.6) is 0 Å². The van der Waals surface area contributed by atoms with Crippen LogP contribution in [0.25, 0.3) is 0 Å². The normalized spacial score (nSPS) is 10.9. The molecule has 2 amide bonds. The van der Waals surface area contributed by atoms with Gasteiger partial charge in [0.25, 0.3) is 0 Å². The van der Waals surface area contributed by atoms with Crippen molar-refractivity contribution in [2.24, 2.45) is 5.73 Å². The van der Waals surface area contributed by atoms with Crippen molar-refractivity contribution in [3.05, 3.63) is 29.8 Å². The van der Waals surface area contributed by atoms with Crippen LogP contribution in [0.3, 0.4) is 0 Å². The maximum absolute atomic E-state index is 11.9. The summed E-state index contributed by atoms with van der Waals surface area (Å²) in [7, 11) is 0. The molecule has 8 nitrogen and oxygen atoms in total. The molecule has 26 heavy (non-hydrogen) atoms. The maximum Gasteiger partial charge on any atom is 0.329 e. The molecule has 1 aromatic carbocycles. The van der Waals surface area contributed by atoms with Gasteiger partial charge in [-0.05, 0) is 31.2 Å². The summed E-state index contributed by atoms with van der Waals surface area (Å²) in [4.78, 5) is 35.5. The number of anilines is 1. The molecule has 0 aliphatic carbocycles. The van der Waals surface area contributed by atoms with Crippen LogP contribution < -0.4 is 16.4 Å². The van der Waals surface area contributed by atoms with E-state index in [1.807, 2.05) is 0 Å². The zero-order valence-electron chi connectivity index (χ0n) is 14.5. The molecule has 0 bridgehead atoms. The summed E-state index contributed by atoms with van der Waals surface area (Å²) in [5.41, 5.74) is 6.42. The molecular weight excluding hydrogens is 336 g/mol. The monoisotopic (exact) mass is 358 g/mol. The van der Waals surface area contributed by atoms with Gasteiger partial charge in [-0.2, -0.15) is 0 Å². The maximum atomic E-state index is 11.9. The number of rotatable bonds is 9. The van der Waals surface area contributed by atoms with Gasteiger partial charge < -0.3 is 21.1 Å². The fraction of sp³-hybridized carbons (Fsp3) is 0.333. The van der Waals surface area contributed by atoms with Gasteiger partial charge in [-0.3, -0.25) is 15.0 Å². The van der Waals surface area contributed by atoms with Crippen LogP contribution in [-0.2, 0) is 19.1 Å². The molecule has 138 valence electrons. The minimum atomic E-state index is -0.922. The van der Waals surface area contributed by atoms with E-state index in [1.165, 1.54) is 0 Å². The van der Waals surface area contributed by atoms with Crippen LogP contribution in [0.4, 0.5) is 5.69 Å². The van der Waals surface area contributed by atoms with Gasteiger partial charge in [-0.15, -0.1) is 12.3 Å². The molecule has 1 aromatic rings. The minimum Gasteiger partial charge on any atom is -0.464 e. The van der Waals surface area contributed by atoms with Crippen LogP contribution in [0.2, 0.25) is 0 Å². The number of amides is 2. The lowest BCUT2D eigenvalue weighted by atomic mass is 10.2. The molecule has 0 spiro atoms. The number of ether oxygens (including phenoxy) is 1. The number of nitrogens with two attached hydrogens (primary N) is 1. The predicted octanol–water partition coefficient (Wildman–Crippen LogP) is 0.761. The molecule has 0 aliphatic rings. The number of hydrogen-bond acceptors (Lipinski definition) is 5. The second-order valence-corrected chi connectivity index (χ2v) is 5.32. The lowest BCUT2D eigenvalue weighted by Crippen LogP contribution is -2.41. The molecule has 0 radical (unpaired) electrons. The van der Waals surface area contributed by atoms with E-state index in [1.54, 1.807) is 31.2 Å². The summed E-state index contributed by atoms with van der Waals surface area (Å²) in [5, 5.41) is 12.4. The molecule has 0 aromatic heterocycles. The van der Waals surface area contributed by atoms with E-state index in [4.69, 9.17) is 22.3 Å². The molecule has 8 heteroatoms. The molecule has 1 rings (SSSR count). The summed E-state index contributed by atoms with van der Waals surface area (Å²) in [6.07, 6.45) is 5.03. The lowest BCUT2D eigenvalue weighted by molar-refractivity contribution is -0.147. The van der Waals surface area contributed by atoms with Crippen molar-refractivity contribution in [2.75, 3.05) is 11.9 Å². The number of carbonyl (C=O) groups excluding carboxylic acids is 3. The Bertz CT molecular complexity index is 707. The second-order valence-electron chi connectivity index (χ2n) is 5.32. The van der Waals surface area contributed by atoms with Crippen molar-refractivity contribution in [3.8, 4) is 12.3 Å². The Morgan fingerprint density at radius 2 is 1.85 bits per heavy atom. The first-order chi connectivity index (χ1) is 12.4. The third-order valence-corrected chi connectivity index (χ3v) is 3.29. The van der Waals surface area contributed by atoms with Crippen molar-refractivity contribution < 1.29 is 19.1 Å². The van der Waals surface area contributed by atoms with Gasteiger partial charge in [0.15, 0.2) is 0 Å². The number of nitrogen functional groups attached to an aromatic ring is 1. The average molecular weight is 358 g/mol. The van der Waals surface area contributed by atoms with Crippen LogP contribution in [-0.4, -0.2) is 36.3 Å². The zero-order valence-corrected chi connectivity index (χ0v) is 14.5. The van der Waals surface area contributed by atoms with Crippen molar-refractivity contribution in [2.45, 2.75) is 32.2 Å². The smallest absolute Gasteiger partial charge is 0.329 e. The van der Waals surface area contributed by atoms with Crippen LogP contribution in [0.15, 0.2) is 24.3 Å². The first-order valence-corrected chi connectivity index (χ1v) is 8.01.